The molecule has 0 aromatic heterocycles. The molecule has 1 saturated heterocycles. The van der Waals surface area contributed by atoms with Gasteiger partial charge in [0.1, 0.15) is 17.0 Å². The summed E-state index contributed by atoms with van der Waals surface area (Å²) < 4.78 is 18.8. The molecule has 0 radical (unpaired) electrons. The van der Waals surface area contributed by atoms with Crippen molar-refractivity contribution in [2.24, 2.45) is 5.41 Å². The number of carbonyl (C=O) groups excluding carboxylic acids is 2. The number of esters is 1. The van der Waals surface area contributed by atoms with Crippen LogP contribution in [0.25, 0.3) is 0 Å². The minimum Gasteiger partial charge on any atom is -0.465 e. The first kappa shape index (κ1) is 13.2. The first-order valence-corrected chi connectivity index (χ1v) is 6.37. The predicted octanol–water partition coefficient (Wildman–Crippen LogP) is 2.65. The molecular weight excluding hydrogens is 303 g/mol. The van der Waals surface area contributed by atoms with E-state index in [0.717, 1.165) is 0 Å². The van der Waals surface area contributed by atoms with Crippen LogP contribution in [0, 0.1) is 11.2 Å². The molecule has 0 spiro atoms. The van der Waals surface area contributed by atoms with Gasteiger partial charge in [-0.3, -0.25) is 9.59 Å². The van der Waals surface area contributed by atoms with Crippen LogP contribution in [-0.4, -0.2) is 18.4 Å². The number of ketones is 1. The molecule has 3 nitrogen and oxygen atoms in total. The fraction of sp³-hybridized carbons (Fsp3) is 0.385. The van der Waals surface area contributed by atoms with Gasteiger partial charge in [0.15, 0.2) is 0 Å². The van der Waals surface area contributed by atoms with Gasteiger partial charge in [0.2, 0.25) is 0 Å². The molecule has 0 N–H and O–H groups in total. The summed E-state index contributed by atoms with van der Waals surface area (Å²) in [6.07, 6.45) is 0.517. The van der Waals surface area contributed by atoms with E-state index in [2.05, 4.69) is 15.9 Å². The second kappa shape index (κ2) is 4.80. The first-order chi connectivity index (χ1) is 8.45. The van der Waals surface area contributed by atoms with Crippen LogP contribution in [0.4, 0.5) is 4.39 Å². The van der Waals surface area contributed by atoms with E-state index in [1.807, 2.05) is 0 Å². The van der Waals surface area contributed by atoms with Crippen LogP contribution in [0.1, 0.15) is 18.9 Å². The lowest BCUT2D eigenvalue weighted by molar-refractivity contribution is -0.150. The molecule has 1 unspecified atom stereocenters. The summed E-state index contributed by atoms with van der Waals surface area (Å²) in [5.41, 5.74) is -0.555. The second-order valence-corrected chi connectivity index (χ2v) is 5.29. The van der Waals surface area contributed by atoms with Crippen molar-refractivity contribution in [3.63, 3.8) is 0 Å². The third kappa shape index (κ3) is 2.19. The van der Waals surface area contributed by atoms with Crippen molar-refractivity contribution in [1.29, 1.82) is 0 Å². The quantitative estimate of drug-likeness (QED) is 0.636. The van der Waals surface area contributed by atoms with E-state index >= 15 is 0 Å². The SMILES string of the molecule is CC(=O)C1(Cc2cc(F)ccc2Br)CCOC1=O. The summed E-state index contributed by atoms with van der Waals surface area (Å²) in [4.78, 5) is 23.6. The summed E-state index contributed by atoms with van der Waals surface area (Å²) in [7, 11) is 0. The average Bonchev–Trinajstić information content (AvgIpc) is 2.67. The minimum atomic E-state index is -1.16. The Bertz CT molecular complexity index is 515. The number of ether oxygens (including phenoxy) is 1. The van der Waals surface area contributed by atoms with Crippen LogP contribution >= 0.6 is 15.9 Å². The fourth-order valence-electron chi connectivity index (χ4n) is 2.17. The van der Waals surface area contributed by atoms with Gasteiger partial charge in [0.05, 0.1) is 6.61 Å². The highest BCUT2D eigenvalue weighted by Crippen LogP contribution is 2.37. The van der Waals surface area contributed by atoms with Gasteiger partial charge in [-0.1, -0.05) is 15.9 Å². The van der Waals surface area contributed by atoms with Crippen molar-refractivity contribution < 1.29 is 18.7 Å². The summed E-state index contributed by atoms with van der Waals surface area (Å²) in [6.45, 7) is 1.62. The van der Waals surface area contributed by atoms with E-state index in [1.54, 1.807) is 6.07 Å². The Hall–Kier alpha value is -1.23. The van der Waals surface area contributed by atoms with Crippen LogP contribution in [0.5, 0.6) is 0 Å². The van der Waals surface area contributed by atoms with E-state index in [1.165, 1.54) is 19.1 Å². The fourth-order valence-corrected chi connectivity index (χ4v) is 2.55. The molecule has 1 aromatic carbocycles. The van der Waals surface area contributed by atoms with Gasteiger partial charge in [0.25, 0.3) is 0 Å². The van der Waals surface area contributed by atoms with Gasteiger partial charge in [-0.2, -0.15) is 0 Å². The number of halogens is 2. The number of rotatable bonds is 3. The molecular formula is C13H12BrFO3. The van der Waals surface area contributed by atoms with Crippen molar-refractivity contribution in [1.82, 2.24) is 0 Å². The normalized spacial score (nSPS) is 22.9. The molecule has 1 heterocycles. The third-order valence-electron chi connectivity index (χ3n) is 3.33. The molecule has 1 atom stereocenters. The summed E-state index contributed by atoms with van der Waals surface area (Å²) in [5.74, 6) is -1.13. The monoisotopic (exact) mass is 314 g/mol. The van der Waals surface area contributed by atoms with Gasteiger partial charge in [0, 0.05) is 10.9 Å². The number of carbonyl (C=O) groups is 2. The Kier molecular flexibility index (Phi) is 3.52. The van der Waals surface area contributed by atoms with Crippen molar-refractivity contribution >= 4 is 27.7 Å². The number of Topliss-reactive ketones (excluding diaryl/α,β-unsaturated/α-hetero) is 1. The maximum absolute atomic E-state index is 13.2. The Morgan fingerprint density at radius 1 is 1.56 bits per heavy atom. The molecule has 1 aromatic rings. The lowest BCUT2D eigenvalue weighted by Crippen LogP contribution is -2.36. The molecule has 1 fully saturated rings. The predicted molar refractivity (Wildman–Crippen MR) is 66.5 cm³/mol. The van der Waals surface area contributed by atoms with Gasteiger partial charge < -0.3 is 4.74 Å². The molecule has 1 aliphatic heterocycles. The van der Waals surface area contributed by atoms with E-state index in [-0.39, 0.29) is 18.8 Å². The topological polar surface area (TPSA) is 43.4 Å². The van der Waals surface area contributed by atoms with Crippen molar-refractivity contribution in [3.05, 3.63) is 34.1 Å². The van der Waals surface area contributed by atoms with Gasteiger partial charge in [-0.25, -0.2) is 4.39 Å². The average molecular weight is 315 g/mol. The summed E-state index contributed by atoms with van der Waals surface area (Å²) in [5, 5.41) is 0. The molecule has 0 aliphatic carbocycles. The molecule has 0 bridgehead atoms. The highest BCUT2D eigenvalue weighted by molar-refractivity contribution is 9.10. The molecule has 2 rings (SSSR count). The van der Waals surface area contributed by atoms with Crippen molar-refractivity contribution in [2.75, 3.05) is 6.61 Å². The zero-order valence-electron chi connectivity index (χ0n) is 9.83. The minimum absolute atomic E-state index is 0.166. The van der Waals surface area contributed by atoms with Crippen LogP contribution in [0.2, 0.25) is 0 Å². The zero-order valence-corrected chi connectivity index (χ0v) is 11.4. The first-order valence-electron chi connectivity index (χ1n) is 5.58. The number of benzene rings is 1. The number of hydrogen-bond donors (Lipinski definition) is 0. The number of cyclic esters (lactones) is 1. The van der Waals surface area contributed by atoms with E-state index in [9.17, 15) is 14.0 Å². The largest absolute Gasteiger partial charge is 0.465 e. The lowest BCUT2D eigenvalue weighted by atomic mass is 9.77. The molecule has 96 valence electrons. The Morgan fingerprint density at radius 2 is 2.28 bits per heavy atom. The van der Waals surface area contributed by atoms with Crippen LogP contribution in [-0.2, 0) is 20.7 Å². The Balaban J connectivity index is 2.38. The van der Waals surface area contributed by atoms with Crippen LogP contribution in [0.3, 0.4) is 0 Å². The highest BCUT2D eigenvalue weighted by Gasteiger charge is 2.49. The van der Waals surface area contributed by atoms with E-state index in [0.29, 0.717) is 16.5 Å². The molecule has 0 amide bonds. The Labute approximate surface area is 112 Å². The maximum atomic E-state index is 13.2. The smallest absolute Gasteiger partial charge is 0.320 e. The molecule has 1 aliphatic rings. The van der Waals surface area contributed by atoms with Crippen LogP contribution < -0.4 is 0 Å². The van der Waals surface area contributed by atoms with Gasteiger partial charge >= 0.3 is 5.97 Å². The van der Waals surface area contributed by atoms with Crippen molar-refractivity contribution in [3.8, 4) is 0 Å². The molecule has 5 heteroatoms. The zero-order chi connectivity index (χ0) is 13.3. The Morgan fingerprint density at radius 3 is 2.83 bits per heavy atom. The van der Waals surface area contributed by atoms with E-state index < -0.39 is 17.2 Å². The van der Waals surface area contributed by atoms with Gasteiger partial charge in [-0.15, -0.1) is 0 Å². The van der Waals surface area contributed by atoms with E-state index in [4.69, 9.17) is 4.74 Å². The lowest BCUT2D eigenvalue weighted by Gasteiger charge is -2.21. The molecule has 0 saturated carbocycles. The summed E-state index contributed by atoms with van der Waals surface area (Å²) in [6, 6.07) is 4.22. The third-order valence-corrected chi connectivity index (χ3v) is 4.10. The maximum Gasteiger partial charge on any atom is 0.320 e. The second-order valence-electron chi connectivity index (χ2n) is 4.44. The number of hydrogen-bond acceptors (Lipinski definition) is 3. The van der Waals surface area contributed by atoms with Crippen LogP contribution in [0.15, 0.2) is 22.7 Å². The summed E-state index contributed by atoms with van der Waals surface area (Å²) >= 11 is 3.30. The standard InChI is InChI=1S/C13H12BrFO3/c1-8(16)13(4-5-18-12(13)17)7-9-6-10(15)2-3-11(9)14/h2-3,6H,4-5,7H2,1H3. The van der Waals surface area contributed by atoms with Gasteiger partial charge in [-0.05, 0) is 37.1 Å². The highest BCUT2D eigenvalue weighted by atomic mass is 79.9. The molecule has 18 heavy (non-hydrogen) atoms. The van der Waals surface area contributed by atoms with Crippen molar-refractivity contribution in [2.45, 2.75) is 19.8 Å².